The molecule has 2 aromatic heterocycles. The first-order chi connectivity index (χ1) is 8.45. The molecule has 2 aromatic rings. The van der Waals surface area contributed by atoms with Gasteiger partial charge >= 0.3 is 0 Å². The molecule has 5 nitrogen and oxygen atoms in total. The van der Waals surface area contributed by atoms with Gasteiger partial charge in [0.25, 0.3) is 0 Å². The van der Waals surface area contributed by atoms with E-state index in [2.05, 4.69) is 15.5 Å². The molecule has 0 spiro atoms. The van der Waals surface area contributed by atoms with Crippen molar-refractivity contribution in [2.75, 3.05) is 13.2 Å². The number of nitrogens with zero attached hydrogens (tertiary/aromatic N) is 1. The maximum absolute atomic E-state index is 5.46. The largest absolute Gasteiger partial charge is 0.467 e. The first-order valence-corrected chi connectivity index (χ1v) is 5.74. The van der Waals surface area contributed by atoms with Gasteiger partial charge in [-0.3, -0.25) is 5.10 Å². The Morgan fingerprint density at radius 3 is 3.18 bits per heavy atom. The van der Waals surface area contributed by atoms with E-state index in [4.69, 9.17) is 9.15 Å². The topological polar surface area (TPSA) is 63.1 Å². The van der Waals surface area contributed by atoms with Crippen LogP contribution >= 0.6 is 0 Å². The second kappa shape index (κ2) is 6.88. The minimum Gasteiger partial charge on any atom is -0.467 e. The van der Waals surface area contributed by atoms with Gasteiger partial charge in [-0.1, -0.05) is 0 Å². The van der Waals surface area contributed by atoms with E-state index in [1.165, 1.54) is 0 Å². The van der Waals surface area contributed by atoms with Crippen molar-refractivity contribution >= 4 is 0 Å². The van der Waals surface area contributed by atoms with Crippen molar-refractivity contribution < 1.29 is 9.15 Å². The van der Waals surface area contributed by atoms with Crippen LogP contribution in [0.3, 0.4) is 0 Å². The Kier molecular flexibility index (Phi) is 4.81. The lowest BCUT2D eigenvalue weighted by atomic mass is 10.4. The summed E-state index contributed by atoms with van der Waals surface area (Å²) in [5, 5.41) is 10.1. The van der Waals surface area contributed by atoms with Crippen LogP contribution in [0.1, 0.15) is 17.9 Å². The first-order valence-electron chi connectivity index (χ1n) is 5.74. The smallest absolute Gasteiger partial charge is 0.129 e. The molecule has 0 aromatic carbocycles. The van der Waals surface area contributed by atoms with Gasteiger partial charge in [0.05, 0.1) is 6.26 Å². The molecule has 0 atom stereocenters. The highest BCUT2D eigenvalue weighted by atomic mass is 16.5. The number of H-pyrrole nitrogens is 1. The second-order valence-electron chi connectivity index (χ2n) is 3.74. The maximum atomic E-state index is 5.46. The number of nitrogens with one attached hydrogen (secondary N) is 2. The molecule has 0 aliphatic heterocycles. The zero-order valence-corrected chi connectivity index (χ0v) is 9.69. The van der Waals surface area contributed by atoms with E-state index in [0.29, 0.717) is 6.61 Å². The zero-order chi connectivity index (χ0) is 11.8. The van der Waals surface area contributed by atoms with Gasteiger partial charge in [-0.05, 0) is 31.2 Å². The molecule has 0 radical (unpaired) electrons. The molecule has 0 amide bonds. The molecule has 5 heteroatoms. The third kappa shape index (κ3) is 4.42. The van der Waals surface area contributed by atoms with Crippen LogP contribution < -0.4 is 5.32 Å². The van der Waals surface area contributed by atoms with Crippen LogP contribution in [0.25, 0.3) is 0 Å². The fraction of sp³-hybridized carbons (Fsp3) is 0.417. The van der Waals surface area contributed by atoms with Crippen molar-refractivity contribution in [3.05, 3.63) is 42.1 Å². The van der Waals surface area contributed by atoms with Gasteiger partial charge in [-0.15, -0.1) is 0 Å². The molecule has 2 N–H and O–H groups in total. The summed E-state index contributed by atoms with van der Waals surface area (Å²) in [5.41, 5.74) is 1.10. The number of hydrogen-bond donors (Lipinski definition) is 2. The molecule has 17 heavy (non-hydrogen) atoms. The Morgan fingerprint density at radius 1 is 1.41 bits per heavy atom. The molecule has 92 valence electrons. The molecule has 0 saturated heterocycles. The number of hydrogen-bond acceptors (Lipinski definition) is 4. The van der Waals surface area contributed by atoms with Crippen LogP contribution in [0, 0.1) is 0 Å². The first kappa shape index (κ1) is 11.9. The lowest BCUT2D eigenvalue weighted by Gasteiger charge is -2.03. The predicted octanol–water partition coefficient (Wildman–Crippen LogP) is 1.70. The molecule has 0 aliphatic carbocycles. The van der Waals surface area contributed by atoms with Crippen molar-refractivity contribution in [2.24, 2.45) is 0 Å². The SMILES string of the molecule is c1coc(COCCCNCc2ccn[nH]2)c1. The second-order valence-corrected chi connectivity index (χ2v) is 3.74. The maximum Gasteiger partial charge on any atom is 0.129 e. The van der Waals surface area contributed by atoms with Gasteiger partial charge < -0.3 is 14.5 Å². The van der Waals surface area contributed by atoms with E-state index in [-0.39, 0.29) is 0 Å². The number of furan rings is 1. The molecule has 2 rings (SSSR count). The van der Waals surface area contributed by atoms with Crippen LogP contribution in [0.15, 0.2) is 35.1 Å². The summed E-state index contributed by atoms with van der Waals surface area (Å²) in [6.45, 7) is 3.03. The van der Waals surface area contributed by atoms with Crippen molar-refractivity contribution in [3.8, 4) is 0 Å². The van der Waals surface area contributed by atoms with Crippen LogP contribution in [-0.4, -0.2) is 23.3 Å². The highest BCUT2D eigenvalue weighted by Gasteiger charge is 1.96. The van der Waals surface area contributed by atoms with E-state index in [1.807, 2.05) is 18.2 Å². The third-order valence-electron chi connectivity index (χ3n) is 2.34. The standard InChI is InChI=1S/C12H17N3O2/c1-3-12(17-8-1)10-16-7-2-5-13-9-11-4-6-14-15-11/h1,3-4,6,8,13H,2,5,7,9-10H2,(H,14,15). The number of aromatic amines is 1. The van der Waals surface area contributed by atoms with Gasteiger partial charge in [0.1, 0.15) is 12.4 Å². The van der Waals surface area contributed by atoms with Gasteiger partial charge in [-0.25, -0.2) is 0 Å². The van der Waals surface area contributed by atoms with Crippen molar-refractivity contribution in [1.29, 1.82) is 0 Å². The Morgan fingerprint density at radius 2 is 2.41 bits per heavy atom. The minimum absolute atomic E-state index is 0.549. The number of ether oxygens (including phenoxy) is 1. The van der Waals surface area contributed by atoms with Crippen LogP contribution in [-0.2, 0) is 17.9 Å². The highest BCUT2D eigenvalue weighted by molar-refractivity contribution is 4.96. The summed E-state index contributed by atoms with van der Waals surface area (Å²) in [7, 11) is 0. The summed E-state index contributed by atoms with van der Waals surface area (Å²) in [6.07, 6.45) is 4.39. The van der Waals surface area contributed by atoms with Crippen molar-refractivity contribution in [3.63, 3.8) is 0 Å². The van der Waals surface area contributed by atoms with Crippen LogP contribution in [0.5, 0.6) is 0 Å². The minimum atomic E-state index is 0.549. The Hall–Kier alpha value is -1.59. The van der Waals surface area contributed by atoms with E-state index >= 15 is 0 Å². The average molecular weight is 235 g/mol. The number of rotatable bonds is 8. The monoisotopic (exact) mass is 235 g/mol. The van der Waals surface area contributed by atoms with Gasteiger partial charge in [0, 0.05) is 25.0 Å². The van der Waals surface area contributed by atoms with E-state index in [0.717, 1.165) is 37.6 Å². The summed E-state index contributed by atoms with van der Waals surface area (Å²) in [4.78, 5) is 0. The van der Waals surface area contributed by atoms with E-state index in [9.17, 15) is 0 Å². The quantitative estimate of drug-likeness (QED) is 0.684. The summed E-state index contributed by atoms with van der Waals surface area (Å²) in [5.74, 6) is 0.871. The summed E-state index contributed by atoms with van der Waals surface area (Å²) in [6, 6.07) is 5.74. The lowest BCUT2D eigenvalue weighted by Crippen LogP contribution is -2.16. The predicted molar refractivity (Wildman–Crippen MR) is 63.3 cm³/mol. The molecule has 0 saturated carbocycles. The number of aromatic nitrogens is 2. The van der Waals surface area contributed by atoms with Gasteiger partial charge in [0.15, 0.2) is 0 Å². The lowest BCUT2D eigenvalue weighted by molar-refractivity contribution is 0.104. The van der Waals surface area contributed by atoms with Crippen molar-refractivity contribution in [2.45, 2.75) is 19.6 Å². The summed E-state index contributed by atoms with van der Waals surface area (Å²) >= 11 is 0. The zero-order valence-electron chi connectivity index (χ0n) is 9.69. The van der Waals surface area contributed by atoms with E-state index in [1.54, 1.807) is 12.5 Å². The molecule has 0 unspecified atom stereocenters. The van der Waals surface area contributed by atoms with Crippen LogP contribution in [0.4, 0.5) is 0 Å². The van der Waals surface area contributed by atoms with Crippen LogP contribution in [0.2, 0.25) is 0 Å². The molecular weight excluding hydrogens is 218 g/mol. The fourth-order valence-corrected chi connectivity index (χ4v) is 1.47. The van der Waals surface area contributed by atoms with E-state index < -0.39 is 0 Å². The molecule has 0 bridgehead atoms. The van der Waals surface area contributed by atoms with Gasteiger partial charge in [-0.2, -0.15) is 5.10 Å². The molecular formula is C12H17N3O2. The normalized spacial score (nSPS) is 10.8. The molecule has 0 aliphatic rings. The molecule has 2 heterocycles. The fourth-order valence-electron chi connectivity index (χ4n) is 1.47. The molecule has 0 fully saturated rings. The average Bonchev–Trinajstić information content (AvgIpc) is 3.00. The summed E-state index contributed by atoms with van der Waals surface area (Å²) < 4.78 is 10.6. The third-order valence-corrected chi connectivity index (χ3v) is 2.34. The Balaban J connectivity index is 1.44. The highest BCUT2D eigenvalue weighted by Crippen LogP contribution is 2.01. The Labute approximate surface area is 100 Å². The van der Waals surface area contributed by atoms with Gasteiger partial charge in [0.2, 0.25) is 0 Å². The van der Waals surface area contributed by atoms with Crippen molar-refractivity contribution in [1.82, 2.24) is 15.5 Å². The Bertz CT molecular complexity index is 346.